The number of aryl methyl sites for hydroxylation is 2. The summed E-state index contributed by atoms with van der Waals surface area (Å²) in [4.78, 5) is 35.7. The number of alkyl halides is 3. The molecule has 3 aromatic carbocycles. The van der Waals surface area contributed by atoms with E-state index in [1.54, 1.807) is 51.4 Å². The van der Waals surface area contributed by atoms with Gasteiger partial charge in [0.05, 0.1) is 97.0 Å². The molecule has 0 aliphatic rings. The minimum Gasteiger partial charge on any atom is -0.496 e. The molecule has 0 saturated heterocycles. The number of hydrogen-bond donors (Lipinski definition) is 3. The lowest BCUT2D eigenvalue weighted by molar-refractivity contribution is -0.153. The summed E-state index contributed by atoms with van der Waals surface area (Å²) in [5, 5.41) is 1.68. The van der Waals surface area contributed by atoms with Crippen LogP contribution in [0.3, 0.4) is 0 Å². The van der Waals surface area contributed by atoms with Gasteiger partial charge in [-0.15, -0.1) is 0 Å². The normalized spacial score (nSPS) is 12.2. The molecular formula is C51H54F3N9O6S3. The molecule has 21 heteroatoms. The average molecular weight is 1040 g/mol. The van der Waals surface area contributed by atoms with Crippen molar-refractivity contribution in [1.29, 1.82) is 0 Å². The first-order chi connectivity index (χ1) is 34.6. The minimum absolute atomic E-state index is 0.0227. The number of aromatic nitrogens is 9. The van der Waals surface area contributed by atoms with E-state index in [1.807, 2.05) is 94.4 Å². The van der Waals surface area contributed by atoms with Crippen molar-refractivity contribution in [3.63, 3.8) is 0 Å². The zero-order valence-corrected chi connectivity index (χ0v) is 43.1. The fraction of sp³-hybridized carbons (Fsp3) is 0.294. The second kappa shape index (κ2) is 24.6. The number of aromatic amines is 3. The van der Waals surface area contributed by atoms with Gasteiger partial charge in [0.15, 0.2) is 22.1 Å². The number of H-pyrrole nitrogens is 3. The highest BCUT2D eigenvalue weighted by atomic mass is 32.2. The molecule has 0 aliphatic carbocycles. The van der Waals surface area contributed by atoms with Crippen LogP contribution in [-0.4, -0.2) is 93.5 Å². The van der Waals surface area contributed by atoms with Crippen LogP contribution in [0.5, 0.6) is 17.2 Å². The van der Waals surface area contributed by atoms with Crippen LogP contribution in [0.1, 0.15) is 51.3 Å². The number of methoxy groups -OCH3 is 2. The van der Waals surface area contributed by atoms with E-state index in [2.05, 4.69) is 44.9 Å². The van der Waals surface area contributed by atoms with E-state index in [0.29, 0.717) is 46.1 Å². The molecule has 6 heterocycles. The van der Waals surface area contributed by atoms with Gasteiger partial charge in [0.2, 0.25) is 0 Å². The van der Waals surface area contributed by atoms with Crippen molar-refractivity contribution in [3.05, 3.63) is 142 Å². The predicted octanol–water partition coefficient (Wildman–Crippen LogP) is 10.7. The Kier molecular flexibility index (Phi) is 18.2. The summed E-state index contributed by atoms with van der Waals surface area (Å²) < 4.78 is 83.1. The minimum atomic E-state index is -4.42. The zero-order chi connectivity index (χ0) is 51.4. The largest absolute Gasteiger partial charge is 0.496 e. The number of thioether (sulfide) groups is 1. The topological polar surface area (TPSA) is 196 Å². The third-order valence-electron chi connectivity index (χ3n) is 11.1. The number of fused-ring (bicyclic) bond motifs is 3. The van der Waals surface area contributed by atoms with Crippen LogP contribution >= 0.6 is 11.8 Å². The Hall–Kier alpha value is -6.68. The van der Waals surface area contributed by atoms with E-state index in [9.17, 15) is 21.6 Å². The number of imidazole rings is 3. The molecule has 0 bridgehead atoms. The Balaban J connectivity index is 0.000000159. The Bertz CT molecular complexity index is 3260. The van der Waals surface area contributed by atoms with E-state index in [-0.39, 0.29) is 11.5 Å². The molecule has 72 heavy (non-hydrogen) atoms. The molecule has 9 rings (SSSR count). The van der Waals surface area contributed by atoms with Crippen LogP contribution in [0.25, 0.3) is 33.1 Å². The number of pyridine rings is 3. The van der Waals surface area contributed by atoms with Crippen molar-refractivity contribution in [2.24, 2.45) is 0 Å². The highest BCUT2D eigenvalue weighted by Gasteiger charge is 2.29. The van der Waals surface area contributed by atoms with Gasteiger partial charge >= 0.3 is 6.18 Å². The zero-order valence-electron chi connectivity index (χ0n) is 40.7. The molecule has 2 unspecified atom stereocenters. The number of halogens is 3. The summed E-state index contributed by atoms with van der Waals surface area (Å²) in [5.74, 6) is 2.84. The Morgan fingerprint density at radius 1 is 0.625 bits per heavy atom. The maximum atomic E-state index is 12.6. The highest BCUT2D eigenvalue weighted by molar-refractivity contribution is 7.98. The molecule has 0 spiro atoms. The SMILES string of the molecule is COCCCOc1ccnc(CSc2nc3ccccc3[nH]2)c1C.COc1c(C)cnc(CS(=O)c2nc3ccc(C)cc3[nH]2)c1C.Cc1c(OCC(F)(F)F)ccnc1CS(=O)c1nc2ccccc2[nH]1. The van der Waals surface area contributed by atoms with Gasteiger partial charge in [-0.05, 0) is 88.7 Å². The van der Waals surface area contributed by atoms with E-state index in [1.165, 1.54) is 12.3 Å². The van der Waals surface area contributed by atoms with Crippen LogP contribution in [0, 0.1) is 34.6 Å². The quantitative estimate of drug-likeness (QED) is 0.0576. The highest BCUT2D eigenvalue weighted by Crippen LogP contribution is 2.29. The third-order valence-corrected chi connectivity index (χ3v) is 14.3. The number of para-hydroxylation sites is 4. The molecule has 3 N–H and O–H groups in total. The Labute approximate surface area is 423 Å². The summed E-state index contributed by atoms with van der Waals surface area (Å²) in [5.41, 5.74) is 12.0. The number of ether oxygens (including phenoxy) is 4. The van der Waals surface area contributed by atoms with Crippen molar-refractivity contribution >= 4 is 66.5 Å². The maximum absolute atomic E-state index is 12.6. The molecular weight excluding hydrogens is 988 g/mol. The average Bonchev–Trinajstić information content (AvgIpc) is 4.11. The Morgan fingerprint density at radius 2 is 1.19 bits per heavy atom. The third kappa shape index (κ3) is 14.0. The number of hydrogen-bond acceptors (Lipinski definition) is 13. The fourth-order valence-electron chi connectivity index (χ4n) is 7.25. The molecule has 378 valence electrons. The summed E-state index contributed by atoms with van der Waals surface area (Å²) in [6, 6.07) is 24.5. The van der Waals surface area contributed by atoms with Crippen LogP contribution in [0.15, 0.2) is 113 Å². The molecule has 15 nitrogen and oxygen atoms in total. The Morgan fingerprint density at radius 3 is 1.82 bits per heavy atom. The maximum Gasteiger partial charge on any atom is 0.422 e. The lowest BCUT2D eigenvalue weighted by Gasteiger charge is -2.13. The molecule has 0 amide bonds. The first-order valence-electron chi connectivity index (χ1n) is 22.6. The standard InChI is InChI=1S/C18H21N3O2S.C17H19N3O2S.C16H14F3N3O2S/c1-13-16(19-9-8-17(13)23-11-5-10-22-2)12-24-18-20-14-6-3-4-7-15(14)21-18;1-10-5-6-13-14(7-10)20-17(19-13)23(21)9-15-12(3)16(22-4)11(2)8-18-15;1-10-13(20-7-6-14(10)24-9-16(17,18)19)8-25(23)15-21-11-4-2-3-5-12(11)22-15/h3-4,6-9H,5,10-12H2,1-2H3,(H,20,21);5-8H,9H2,1-4H3,(H,19,20);2-7H,8-9H2,1H3,(H,21,22). The van der Waals surface area contributed by atoms with E-state index in [0.717, 1.165) is 90.1 Å². The monoisotopic (exact) mass is 1040 g/mol. The molecule has 0 aliphatic heterocycles. The molecule has 2 atom stereocenters. The van der Waals surface area contributed by atoms with Crippen LogP contribution < -0.4 is 14.2 Å². The smallest absolute Gasteiger partial charge is 0.422 e. The van der Waals surface area contributed by atoms with Gasteiger partial charge in [0.1, 0.15) is 17.2 Å². The van der Waals surface area contributed by atoms with Crippen molar-refractivity contribution in [3.8, 4) is 17.2 Å². The molecule has 0 fully saturated rings. The van der Waals surface area contributed by atoms with Gasteiger partial charge < -0.3 is 33.9 Å². The lowest BCUT2D eigenvalue weighted by atomic mass is 10.1. The van der Waals surface area contributed by atoms with E-state index < -0.39 is 34.4 Å². The van der Waals surface area contributed by atoms with Crippen molar-refractivity contribution in [1.82, 2.24) is 44.9 Å². The van der Waals surface area contributed by atoms with Gasteiger partial charge in [0, 0.05) is 66.7 Å². The fourth-order valence-corrected chi connectivity index (χ4v) is 10.4. The first kappa shape index (κ1) is 53.1. The summed E-state index contributed by atoms with van der Waals surface area (Å²) >= 11 is 1.65. The van der Waals surface area contributed by atoms with Gasteiger partial charge in [-0.2, -0.15) is 13.2 Å². The second-order valence-corrected chi connectivity index (χ2v) is 20.1. The van der Waals surface area contributed by atoms with Crippen LogP contribution in [-0.2, 0) is 43.6 Å². The molecule has 0 radical (unpaired) electrons. The first-order valence-corrected chi connectivity index (χ1v) is 26.2. The number of nitrogens with zero attached hydrogens (tertiary/aromatic N) is 6. The van der Waals surface area contributed by atoms with Crippen LogP contribution in [0.4, 0.5) is 13.2 Å². The second-order valence-electron chi connectivity index (χ2n) is 16.4. The van der Waals surface area contributed by atoms with Gasteiger partial charge in [-0.1, -0.05) is 42.1 Å². The van der Waals surface area contributed by atoms with Gasteiger partial charge in [-0.25, -0.2) is 15.0 Å². The van der Waals surface area contributed by atoms with Crippen molar-refractivity contribution in [2.45, 2.75) is 79.9 Å². The summed E-state index contributed by atoms with van der Waals surface area (Å²) in [6.07, 6.45) is 1.34. The summed E-state index contributed by atoms with van der Waals surface area (Å²) in [6.45, 7) is 9.51. The molecule has 6 aromatic heterocycles. The van der Waals surface area contributed by atoms with Gasteiger partial charge in [-0.3, -0.25) is 23.4 Å². The van der Waals surface area contributed by atoms with Crippen molar-refractivity contribution < 1.29 is 40.5 Å². The lowest BCUT2D eigenvalue weighted by Crippen LogP contribution is -2.19. The van der Waals surface area contributed by atoms with E-state index in [4.69, 9.17) is 18.9 Å². The number of nitrogens with one attached hydrogen (secondary N) is 3. The van der Waals surface area contributed by atoms with Crippen LogP contribution in [0.2, 0.25) is 0 Å². The molecule has 9 aromatic rings. The summed E-state index contributed by atoms with van der Waals surface area (Å²) in [7, 11) is 0.537. The number of rotatable bonds is 17. The van der Waals surface area contributed by atoms with E-state index >= 15 is 0 Å². The van der Waals surface area contributed by atoms with Gasteiger partial charge in [0.25, 0.3) is 0 Å². The van der Waals surface area contributed by atoms with Crippen molar-refractivity contribution in [2.75, 3.05) is 34.0 Å². The molecule has 0 saturated carbocycles. The predicted molar refractivity (Wildman–Crippen MR) is 275 cm³/mol. The number of benzene rings is 3.